The minimum absolute atomic E-state index is 0.0710. The van der Waals surface area contributed by atoms with Gasteiger partial charge in [-0.15, -0.1) is 0 Å². The maximum Gasteiger partial charge on any atom is 0.252 e. The van der Waals surface area contributed by atoms with Gasteiger partial charge >= 0.3 is 0 Å². The maximum atomic E-state index is 11.9. The van der Waals surface area contributed by atoms with Crippen LogP contribution < -0.4 is 10.0 Å². The van der Waals surface area contributed by atoms with Crippen molar-refractivity contribution >= 4 is 5.91 Å². The molecule has 1 heterocycles. The fourth-order valence-electron chi connectivity index (χ4n) is 1.67. The van der Waals surface area contributed by atoms with Crippen molar-refractivity contribution in [1.29, 1.82) is 0 Å². The predicted molar refractivity (Wildman–Crippen MR) is 67.7 cm³/mol. The lowest BCUT2D eigenvalue weighted by atomic mass is 10.1. The van der Waals surface area contributed by atoms with Crippen molar-refractivity contribution in [3.05, 3.63) is 71.2 Å². The van der Waals surface area contributed by atoms with E-state index >= 15 is 0 Å². The van der Waals surface area contributed by atoms with Crippen molar-refractivity contribution in [3.63, 3.8) is 0 Å². The van der Waals surface area contributed by atoms with Gasteiger partial charge in [-0.3, -0.25) is 4.79 Å². The summed E-state index contributed by atoms with van der Waals surface area (Å²) in [6.07, 6.45) is 2.62. The highest BCUT2D eigenvalue weighted by Gasteiger charge is 2.11. The van der Waals surface area contributed by atoms with E-state index in [0.29, 0.717) is 10.3 Å². The van der Waals surface area contributed by atoms with E-state index in [4.69, 9.17) is 0 Å². The summed E-state index contributed by atoms with van der Waals surface area (Å²) in [5.74, 6) is -0.188. The van der Waals surface area contributed by atoms with E-state index in [1.807, 2.05) is 37.3 Å². The van der Waals surface area contributed by atoms with Crippen molar-refractivity contribution in [1.82, 2.24) is 5.32 Å². The molecule has 92 valence electrons. The average molecular weight is 242 g/mol. The maximum absolute atomic E-state index is 11.9. The van der Waals surface area contributed by atoms with E-state index in [0.717, 1.165) is 5.56 Å². The minimum atomic E-state index is -0.188. The molecule has 0 bridgehead atoms. The summed E-state index contributed by atoms with van der Waals surface area (Å²) in [6, 6.07) is 12.6. The second kappa shape index (κ2) is 5.31. The largest absolute Gasteiger partial charge is 0.619 e. The third kappa shape index (κ3) is 2.85. The molecule has 0 fully saturated rings. The summed E-state index contributed by atoms with van der Waals surface area (Å²) >= 11 is 0. The van der Waals surface area contributed by atoms with Crippen LogP contribution in [0.3, 0.4) is 0 Å². The Kier molecular flexibility index (Phi) is 3.57. The smallest absolute Gasteiger partial charge is 0.252 e. The molecule has 4 heteroatoms. The first kappa shape index (κ1) is 12.1. The molecule has 2 aromatic rings. The van der Waals surface area contributed by atoms with E-state index in [9.17, 15) is 10.0 Å². The highest BCUT2D eigenvalue weighted by atomic mass is 16.5. The van der Waals surface area contributed by atoms with Gasteiger partial charge in [-0.05, 0) is 12.5 Å². The Morgan fingerprint density at radius 1 is 1.17 bits per heavy atom. The van der Waals surface area contributed by atoms with Gasteiger partial charge in [-0.25, -0.2) is 0 Å². The standard InChI is InChI=1S/C14H14N2O2/c1-11(12-5-3-2-4-6-12)15-14(17)13-7-9-16(18)10-8-13/h2-11H,1H3,(H,15,17)/t11-/m1/s1. The van der Waals surface area contributed by atoms with Crippen LogP contribution in [0.1, 0.15) is 28.9 Å². The molecule has 0 aliphatic rings. The highest BCUT2D eigenvalue weighted by molar-refractivity contribution is 5.94. The van der Waals surface area contributed by atoms with Crippen LogP contribution in [0, 0.1) is 5.21 Å². The average Bonchev–Trinajstić information content (AvgIpc) is 2.40. The van der Waals surface area contributed by atoms with Crippen LogP contribution in [0.2, 0.25) is 0 Å². The first-order valence-corrected chi connectivity index (χ1v) is 5.71. The van der Waals surface area contributed by atoms with Crippen LogP contribution in [0.5, 0.6) is 0 Å². The van der Waals surface area contributed by atoms with Gasteiger partial charge < -0.3 is 10.5 Å². The molecule has 0 aliphatic carbocycles. The molecule has 1 atom stereocenters. The first-order chi connectivity index (χ1) is 8.66. The van der Waals surface area contributed by atoms with Crippen LogP contribution in [-0.2, 0) is 0 Å². The SMILES string of the molecule is C[C@@H](NC(=O)c1cc[n+]([O-])cc1)c1ccccc1. The Balaban J connectivity index is 2.06. The lowest BCUT2D eigenvalue weighted by Crippen LogP contribution is -2.29. The molecule has 1 aromatic heterocycles. The van der Waals surface area contributed by atoms with Crippen LogP contribution in [0.4, 0.5) is 0 Å². The normalized spacial score (nSPS) is 11.8. The summed E-state index contributed by atoms with van der Waals surface area (Å²) in [6.45, 7) is 1.92. The van der Waals surface area contributed by atoms with Gasteiger partial charge in [0, 0.05) is 12.1 Å². The topological polar surface area (TPSA) is 56.0 Å². The molecular weight excluding hydrogens is 228 g/mol. The molecule has 18 heavy (non-hydrogen) atoms. The second-order valence-electron chi connectivity index (χ2n) is 4.05. The molecule has 1 N–H and O–H groups in total. The van der Waals surface area contributed by atoms with Crippen LogP contribution >= 0.6 is 0 Å². The Morgan fingerprint density at radius 3 is 2.39 bits per heavy atom. The first-order valence-electron chi connectivity index (χ1n) is 5.71. The number of hydrogen-bond acceptors (Lipinski definition) is 2. The monoisotopic (exact) mass is 242 g/mol. The lowest BCUT2D eigenvalue weighted by molar-refractivity contribution is -0.605. The Hall–Kier alpha value is -2.36. The number of pyridine rings is 1. The number of amides is 1. The number of aromatic nitrogens is 1. The molecule has 0 spiro atoms. The second-order valence-corrected chi connectivity index (χ2v) is 4.05. The van der Waals surface area contributed by atoms with Gasteiger partial charge in [0.2, 0.25) is 0 Å². The highest BCUT2D eigenvalue weighted by Crippen LogP contribution is 2.11. The van der Waals surface area contributed by atoms with Crippen LogP contribution in [0.25, 0.3) is 0 Å². The van der Waals surface area contributed by atoms with Crippen LogP contribution in [-0.4, -0.2) is 5.91 Å². The number of nitrogens with one attached hydrogen (secondary N) is 1. The molecule has 0 unspecified atom stereocenters. The molecule has 0 aliphatic heterocycles. The Labute approximate surface area is 105 Å². The van der Waals surface area contributed by atoms with Gasteiger partial charge in [0.05, 0.1) is 11.6 Å². The van der Waals surface area contributed by atoms with E-state index < -0.39 is 0 Å². The molecule has 2 rings (SSSR count). The number of nitrogens with zero attached hydrogens (tertiary/aromatic N) is 1. The number of benzene rings is 1. The molecule has 0 saturated carbocycles. The quantitative estimate of drug-likeness (QED) is 0.659. The van der Waals surface area contributed by atoms with Crippen molar-refractivity contribution in [2.45, 2.75) is 13.0 Å². The van der Waals surface area contributed by atoms with Crippen LogP contribution in [0.15, 0.2) is 54.9 Å². The van der Waals surface area contributed by atoms with Crippen molar-refractivity contribution in [2.24, 2.45) is 0 Å². The molecule has 1 aromatic carbocycles. The van der Waals surface area contributed by atoms with E-state index in [1.165, 1.54) is 24.5 Å². The van der Waals surface area contributed by atoms with Gasteiger partial charge in [0.15, 0.2) is 12.4 Å². The summed E-state index contributed by atoms with van der Waals surface area (Å²) in [5.41, 5.74) is 1.52. The number of rotatable bonds is 3. The summed E-state index contributed by atoms with van der Waals surface area (Å²) < 4.78 is 0.650. The van der Waals surface area contributed by atoms with Gasteiger partial charge in [-0.2, -0.15) is 4.73 Å². The Bertz CT molecular complexity index is 523. The van der Waals surface area contributed by atoms with Crippen molar-refractivity contribution in [2.75, 3.05) is 0 Å². The zero-order valence-electron chi connectivity index (χ0n) is 10.0. The number of carbonyl (C=O) groups is 1. The predicted octanol–water partition coefficient (Wildman–Crippen LogP) is 1.81. The molecule has 0 saturated heterocycles. The summed E-state index contributed by atoms with van der Waals surface area (Å²) in [4.78, 5) is 11.9. The minimum Gasteiger partial charge on any atom is -0.619 e. The zero-order valence-corrected chi connectivity index (χ0v) is 10.0. The number of hydrogen-bond donors (Lipinski definition) is 1. The van der Waals surface area contributed by atoms with E-state index in [-0.39, 0.29) is 11.9 Å². The fourth-order valence-corrected chi connectivity index (χ4v) is 1.67. The molecular formula is C14H14N2O2. The zero-order chi connectivity index (χ0) is 13.0. The van der Waals surface area contributed by atoms with Gasteiger partial charge in [-0.1, -0.05) is 30.3 Å². The Morgan fingerprint density at radius 2 is 1.78 bits per heavy atom. The molecule has 1 amide bonds. The third-order valence-electron chi connectivity index (χ3n) is 2.71. The van der Waals surface area contributed by atoms with Crippen molar-refractivity contribution in [3.8, 4) is 0 Å². The van der Waals surface area contributed by atoms with Gasteiger partial charge in [0.25, 0.3) is 5.91 Å². The van der Waals surface area contributed by atoms with Gasteiger partial charge in [0.1, 0.15) is 0 Å². The lowest BCUT2D eigenvalue weighted by Gasteiger charge is -2.14. The fraction of sp³-hybridized carbons (Fsp3) is 0.143. The molecule has 0 radical (unpaired) electrons. The van der Waals surface area contributed by atoms with E-state index in [2.05, 4.69) is 5.32 Å². The van der Waals surface area contributed by atoms with Crippen molar-refractivity contribution < 1.29 is 9.52 Å². The summed E-state index contributed by atoms with van der Waals surface area (Å²) in [7, 11) is 0. The summed E-state index contributed by atoms with van der Waals surface area (Å²) in [5, 5.41) is 13.8. The van der Waals surface area contributed by atoms with E-state index in [1.54, 1.807) is 0 Å². The molecule has 4 nitrogen and oxygen atoms in total. The number of carbonyl (C=O) groups excluding carboxylic acids is 1. The third-order valence-corrected chi connectivity index (χ3v) is 2.71.